The monoisotopic (exact) mass is 332 g/mol. The second-order valence-corrected chi connectivity index (χ2v) is 8.96. The van der Waals surface area contributed by atoms with E-state index in [1.165, 1.54) is 0 Å². The Morgan fingerprint density at radius 1 is 1.12 bits per heavy atom. The van der Waals surface area contributed by atoms with E-state index in [-0.39, 0.29) is 22.7 Å². The zero-order valence-corrected chi connectivity index (χ0v) is 14.6. The van der Waals surface area contributed by atoms with Crippen LogP contribution in [0.2, 0.25) is 0 Å². The van der Waals surface area contributed by atoms with Gasteiger partial charge in [0.25, 0.3) is 0 Å². The topological polar surface area (TPSA) is 77.8 Å². The lowest BCUT2D eigenvalue weighted by Crippen LogP contribution is -2.52. The number of carbonyl (C=O) groups is 1. The first kappa shape index (κ1) is 16.2. The Kier molecular flexibility index (Phi) is 3.44. The van der Waals surface area contributed by atoms with Crippen LogP contribution in [0.25, 0.3) is 0 Å². The van der Waals surface area contributed by atoms with Gasteiger partial charge in [0, 0.05) is 5.57 Å². The lowest BCUT2D eigenvalue weighted by molar-refractivity contribution is -0.117. The second-order valence-electron chi connectivity index (χ2n) is 8.96. The van der Waals surface area contributed by atoms with Gasteiger partial charge in [-0.15, -0.1) is 0 Å². The number of rotatable bonds is 0. The van der Waals surface area contributed by atoms with Crippen molar-refractivity contribution in [1.82, 2.24) is 0 Å². The average Bonchev–Trinajstić information content (AvgIpc) is 2.86. The molecule has 0 bridgehead atoms. The van der Waals surface area contributed by atoms with Gasteiger partial charge in [0.2, 0.25) is 5.78 Å². The van der Waals surface area contributed by atoms with Crippen molar-refractivity contribution in [3.05, 3.63) is 23.2 Å². The highest BCUT2D eigenvalue weighted by molar-refractivity contribution is 6.08. The number of aliphatic hydroxyl groups excluding tert-OH is 3. The van der Waals surface area contributed by atoms with Crippen LogP contribution in [-0.2, 0) is 4.79 Å². The number of ketones is 1. The van der Waals surface area contributed by atoms with Gasteiger partial charge in [-0.3, -0.25) is 4.79 Å². The average molecular weight is 332 g/mol. The molecule has 4 nitrogen and oxygen atoms in total. The summed E-state index contributed by atoms with van der Waals surface area (Å²) < 4.78 is 0. The fourth-order valence-electron chi connectivity index (χ4n) is 6.77. The van der Waals surface area contributed by atoms with Crippen molar-refractivity contribution in [2.24, 2.45) is 28.6 Å². The standard InChI is InChI=1S/C20H28O4/c1-19-8-7-14-12(13(19)5-6-16(19)22)3-4-15-18(24)17(23)11(10-21)9-20(14,15)2/h10,12-14,16,21-22,24H,3-9H2,1-2H3/b11-10-/t12-,13-,14-,16?,19-,20+/m0/s1. The summed E-state index contributed by atoms with van der Waals surface area (Å²) in [5.41, 5.74) is 1.02. The van der Waals surface area contributed by atoms with Crippen LogP contribution in [0, 0.1) is 28.6 Å². The van der Waals surface area contributed by atoms with E-state index >= 15 is 0 Å². The third-order valence-electron chi connectivity index (χ3n) is 8.13. The van der Waals surface area contributed by atoms with Gasteiger partial charge in [-0.25, -0.2) is 0 Å². The summed E-state index contributed by atoms with van der Waals surface area (Å²) in [5, 5.41) is 30.4. The van der Waals surface area contributed by atoms with Crippen molar-refractivity contribution in [2.75, 3.05) is 0 Å². The van der Waals surface area contributed by atoms with E-state index in [4.69, 9.17) is 0 Å². The highest BCUT2D eigenvalue weighted by Gasteiger charge is 2.60. The van der Waals surface area contributed by atoms with E-state index in [9.17, 15) is 20.1 Å². The maximum Gasteiger partial charge on any atom is 0.226 e. The third kappa shape index (κ3) is 1.86. The minimum absolute atomic E-state index is 0.0287. The van der Waals surface area contributed by atoms with Gasteiger partial charge in [-0.1, -0.05) is 13.8 Å². The fraction of sp³-hybridized carbons (Fsp3) is 0.750. The van der Waals surface area contributed by atoms with E-state index in [1.54, 1.807) is 0 Å². The molecule has 0 saturated heterocycles. The molecule has 4 aliphatic rings. The lowest BCUT2D eigenvalue weighted by atomic mass is 9.47. The summed E-state index contributed by atoms with van der Waals surface area (Å²) in [6, 6.07) is 0. The summed E-state index contributed by atoms with van der Waals surface area (Å²) in [6.45, 7) is 4.42. The van der Waals surface area contributed by atoms with Crippen LogP contribution in [0.5, 0.6) is 0 Å². The Hall–Kier alpha value is -1.29. The molecule has 132 valence electrons. The number of aliphatic hydroxyl groups is 3. The predicted octanol–water partition coefficient (Wildman–Crippen LogP) is 3.82. The van der Waals surface area contributed by atoms with Gasteiger partial charge in [-0.2, -0.15) is 0 Å². The van der Waals surface area contributed by atoms with Gasteiger partial charge in [0.05, 0.1) is 12.4 Å². The van der Waals surface area contributed by atoms with E-state index in [2.05, 4.69) is 13.8 Å². The number of fused-ring (bicyclic) bond motifs is 5. The number of Topliss-reactive ketones (excluding diaryl/α,β-unsaturated/α-hetero) is 1. The van der Waals surface area contributed by atoms with Gasteiger partial charge in [0.15, 0.2) is 5.76 Å². The molecule has 1 unspecified atom stereocenters. The van der Waals surface area contributed by atoms with Crippen molar-refractivity contribution >= 4 is 5.78 Å². The van der Waals surface area contributed by atoms with Crippen LogP contribution in [-0.4, -0.2) is 27.2 Å². The zero-order valence-electron chi connectivity index (χ0n) is 14.6. The summed E-state index contributed by atoms with van der Waals surface area (Å²) >= 11 is 0. The minimum atomic E-state index is -0.402. The van der Waals surface area contributed by atoms with E-state index in [0.717, 1.165) is 50.4 Å². The zero-order chi connectivity index (χ0) is 17.3. The number of hydrogen-bond donors (Lipinski definition) is 3. The highest BCUT2D eigenvalue weighted by atomic mass is 16.3. The Morgan fingerprint density at radius 2 is 1.88 bits per heavy atom. The molecule has 0 heterocycles. The Labute approximate surface area is 143 Å². The quantitative estimate of drug-likeness (QED) is 0.465. The Bertz CT molecular complexity index is 648. The van der Waals surface area contributed by atoms with Crippen LogP contribution >= 0.6 is 0 Å². The number of allylic oxidation sites excluding steroid dienone is 1. The third-order valence-corrected chi connectivity index (χ3v) is 8.13. The Balaban J connectivity index is 1.75. The van der Waals surface area contributed by atoms with Crippen LogP contribution in [0.15, 0.2) is 23.2 Å². The van der Waals surface area contributed by atoms with E-state index < -0.39 is 5.78 Å². The second kappa shape index (κ2) is 5.10. The van der Waals surface area contributed by atoms with Crippen molar-refractivity contribution in [2.45, 2.75) is 64.9 Å². The molecule has 24 heavy (non-hydrogen) atoms. The summed E-state index contributed by atoms with van der Waals surface area (Å²) in [5.74, 6) is 0.957. The first-order chi connectivity index (χ1) is 11.3. The molecule has 4 heteroatoms. The molecule has 0 aromatic rings. The fourth-order valence-corrected chi connectivity index (χ4v) is 6.77. The van der Waals surface area contributed by atoms with E-state index in [1.807, 2.05) is 0 Å². The number of hydrogen-bond acceptors (Lipinski definition) is 4. The summed E-state index contributed by atoms with van der Waals surface area (Å²) in [7, 11) is 0. The molecular formula is C20H28O4. The molecule has 0 aromatic heterocycles. The molecule has 3 fully saturated rings. The van der Waals surface area contributed by atoms with Crippen molar-refractivity contribution in [3.63, 3.8) is 0 Å². The molecule has 0 aliphatic heterocycles. The van der Waals surface area contributed by atoms with Crippen LogP contribution < -0.4 is 0 Å². The van der Waals surface area contributed by atoms with Gasteiger partial charge < -0.3 is 15.3 Å². The SMILES string of the molecule is C[C@]12C/C(=C/O)C(=O)C(O)=C1CC[C@@H]1[C@@H]2CC[C@]2(C)C(O)CC[C@@H]12. The lowest BCUT2D eigenvalue weighted by Gasteiger charge is -2.57. The molecule has 4 aliphatic carbocycles. The highest BCUT2D eigenvalue weighted by Crippen LogP contribution is 2.65. The van der Waals surface area contributed by atoms with Gasteiger partial charge in [-0.05, 0) is 79.1 Å². The molecule has 0 aromatic carbocycles. The van der Waals surface area contributed by atoms with E-state index in [0.29, 0.717) is 29.7 Å². The molecule has 0 radical (unpaired) electrons. The number of carbonyl (C=O) groups excluding carboxylic acids is 1. The first-order valence-electron chi connectivity index (χ1n) is 9.31. The minimum Gasteiger partial charge on any atom is -0.515 e. The Morgan fingerprint density at radius 3 is 2.58 bits per heavy atom. The molecular weight excluding hydrogens is 304 g/mol. The van der Waals surface area contributed by atoms with Crippen molar-refractivity contribution < 1.29 is 20.1 Å². The largest absolute Gasteiger partial charge is 0.515 e. The molecule has 4 rings (SSSR count). The van der Waals surface area contributed by atoms with Gasteiger partial charge in [0.1, 0.15) is 0 Å². The molecule has 0 amide bonds. The normalized spacial score (nSPS) is 49.8. The van der Waals surface area contributed by atoms with Crippen molar-refractivity contribution in [1.29, 1.82) is 0 Å². The molecule has 0 spiro atoms. The van der Waals surface area contributed by atoms with Crippen LogP contribution in [0.1, 0.15) is 58.8 Å². The van der Waals surface area contributed by atoms with Crippen molar-refractivity contribution in [3.8, 4) is 0 Å². The molecule has 3 saturated carbocycles. The summed E-state index contributed by atoms with van der Waals surface area (Å²) in [6.07, 6.45) is 6.99. The molecule has 6 atom stereocenters. The first-order valence-corrected chi connectivity index (χ1v) is 9.31. The smallest absolute Gasteiger partial charge is 0.226 e. The molecule has 3 N–H and O–H groups in total. The van der Waals surface area contributed by atoms with Crippen LogP contribution in [0.3, 0.4) is 0 Å². The van der Waals surface area contributed by atoms with Gasteiger partial charge >= 0.3 is 0 Å². The maximum absolute atomic E-state index is 12.2. The predicted molar refractivity (Wildman–Crippen MR) is 90.4 cm³/mol. The summed E-state index contributed by atoms with van der Waals surface area (Å²) in [4.78, 5) is 12.2. The van der Waals surface area contributed by atoms with Crippen LogP contribution in [0.4, 0.5) is 0 Å². The maximum atomic E-state index is 12.2.